The highest BCUT2D eigenvalue weighted by atomic mass is 32.1. The summed E-state index contributed by atoms with van der Waals surface area (Å²) < 4.78 is 13.9. The molecule has 1 aromatic heterocycles. The molecule has 1 unspecified atom stereocenters. The van der Waals surface area contributed by atoms with Gasteiger partial charge in [-0.3, -0.25) is 0 Å². The molecule has 78 valence electrons. The van der Waals surface area contributed by atoms with Crippen molar-refractivity contribution in [1.29, 1.82) is 5.26 Å². The van der Waals surface area contributed by atoms with Crippen LogP contribution in [0, 0.1) is 11.3 Å². The number of nitriles is 1. The van der Waals surface area contributed by atoms with Gasteiger partial charge in [-0.2, -0.15) is 5.26 Å². The molecule has 1 atom stereocenters. The molecule has 3 rings (SSSR count). The average molecular weight is 223 g/mol. The van der Waals surface area contributed by atoms with Crippen molar-refractivity contribution >= 4 is 16.3 Å². The summed E-state index contributed by atoms with van der Waals surface area (Å²) in [5.74, 6) is 0. The molecular formula is C10H10FN3S. The smallest absolute Gasteiger partial charge is 0.117 e. The molecule has 5 heteroatoms. The van der Waals surface area contributed by atoms with E-state index in [1.165, 1.54) is 11.3 Å². The van der Waals surface area contributed by atoms with Crippen molar-refractivity contribution in [2.75, 3.05) is 18.8 Å². The first-order chi connectivity index (χ1) is 7.19. The minimum absolute atomic E-state index is 0.424. The van der Waals surface area contributed by atoms with Crippen molar-refractivity contribution in [2.45, 2.75) is 18.0 Å². The largest absolute Gasteiger partial charge is 0.389 e. The quantitative estimate of drug-likeness (QED) is 0.688. The van der Waals surface area contributed by atoms with Crippen LogP contribution in [0.5, 0.6) is 0 Å². The average Bonchev–Trinajstić information content (AvgIpc) is 2.54. The highest BCUT2D eigenvalue weighted by molar-refractivity contribution is 7.16. The number of rotatable bonds is 0. The van der Waals surface area contributed by atoms with Crippen LogP contribution in [-0.2, 0) is 11.8 Å². The molecule has 3 N–H and O–H groups in total. The zero-order chi connectivity index (χ0) is 10.6. The molecule has 1 aliphatic heterocycles. The fraction of sp³-hybridized carbons (Fsp3) is 0.500. The fourth-order valence-electron chi connectivity index (χ4n) is 2.59. The van der Waals surface area contributed by atoms with Gasteiger partial charge in [0.05, 0.1) is 11.0 Å². The van der Waals surface area contributed by atoms with Crippen LogP contribution in [0.2, 0.25) is 0 Å². The van der Waals surface area contributed by atoms with E-state index in [9.17, 15) is 4.39 Å². The SMILES string of the molecule is N#Cc1c(N)sc2c1C1(CNC1)C(F)C2. The lowest BCUT2D eigenvalue weighted by Crippen LogP contribution is -2.60. The molecule has 3 nitrogen and oxygen atoms in total. The van der Waals surface area contributed by atoms with Gasteiger partial charge in [-0.1, -0.05) is 0 Å². The molecule has 1 fully saturated rings. The van der Waals surface area contributed by atoms with E-state index in [-0.39, 0.29) is 0 Å². The molecule has 0 bridgehead atoms. The number of anilines is 1. The van der Waals surface area contributed by atoms with Gasteiger partial charge in [0, 0.05) is 24.4 Å². The maximum atomic E-state index is 13.9. The first kappa shape index (κ1) is 9.13. The number of thiophene rings is 1. The molecule has 1 spiro atoms. The van der Waals surface area contributed by atoms with Gasteiger partial charge in [-0.25, -0.2) is 4.39 Å². The number of nitrogens with two attached hydrogens (primary N) is 1. The Bertz CT molecular complexity index is 470. The van der Waals surface area contributed by atoms with Gasteiger partial charge >= 0.3 is 0 Å². The monoisotopic (exact) mass is 223 g/mol. The first-order valence-electron chi connectivity index (χ1n) is 4.85. The van der Waals surface area contributed by atoms with Gasteiger partial charge in [0.1, 0.15) is 17.2 Å². The zero-order valence-corrected chi connectivity index (χ0v) is 8.83. The Balaban J connectivity index is 2.22. The molecule has 2 aliphatic rings. The summed E-state index contributed by atoms with van der Waals surface area (Å²) in [4.78, 5) is 0.970. The highest BCUT2D eigenvalue weighted by Crippen LogP contribution is 2.50. The molecule has 0 saturated carbocycles. The number of nitrogen functional groups attached to an aromatic ring is 1. The third-order valence-corrected chi connectivity index (χ3v) is 4.50. The normalized spacial score (nSPS) is 26.0. The molecule has 0 radical (unpaired) electrons. The van der Waals surface area contributed by atoms with Gasteiger partial charge in [0.15, 0.2) is 0 Å². The molecule has 0 aromatic carbocycles. The number of nitrogens with zero attached hydrogens (tertiary/aromatic N) is 1. The Labute approximate surface area is 90.7 Å². The number of nitrogens with one attached hydrogen (secondary N) is 1. The van der Waals surface area contributed by atoms with E-state index >= 15 is 0 Å². The van der Waals surface area contributed by atoms with Gasteiger partial charge in [0.25, 0.3) is 0 Å². The van der Waals surface area contributed by atoms with E-state index in [2.05, 4.69) is 11.4 Å². The predicted octanol–water partition coefficient (Wildman–Crippen LogP) is 0.937. The van der Waals surface area contributed by atoms with E-state index in [4.69, 9.17) is 11.0 Å². The third kappa shape index (κ3) is 0.912. The van der Waals surface area contributed by atoms with Gasteiger partial charge < -0.3 is 11.1 Å². The summed E-state index contributed by atoms with van der Waals surface area (Å²) in [6.45, 7) is 1.26. The number of hydrogen-bond acceptors (Lipinski definition) is 4. The minimum Gasteiger partial charge on any atom is -0.389 e. The number of fused-ring (bicyclic) bond motifs is 2. The van der Waals surface area contributed by atoms with Crippen LogP contribution < -0.4 is 11.1 Å². The standard InChI is InChI=1S/C10H10FN3S/c11-7-1-6-8(10(7)3-14-4-10)5(2-12)9(13)15-6/h7,14H,1,3-4,13H2. The van der Waals surface area contributed by atoms with Crippen molar-refractivity contribution in [3.05, 3.63) is 16.0 Å². The van der Waals surface area contributed by atoms with Crippen molar-refractivity contribution < 1.29 is 4.39 Å². The molecule has 2 heterocycles. The lowest BCUT2D eigenvalue weighted by Gasteiger charge is -2.41. The summed E-state index contributed by atoms with van der Waals surface area (Å²) in [6, 6.07) is 2.11. The minimum atomic E-state index is -0.854. The summed E-state index contributed by atoms with van der Waals surface area (Å²) in [6.07, 6.45) is -0.430. The zero-order valence-electron chi connectivity index (χ0n) is 8.01. The Morgan fingerprint density at radius 1 is 1.60 bits per heavy atom. The van der Waals surface area contributed by atoms with E-state index in [1.807, 2.05) is 0 Å². The van der Waals surface area contributed by atoms with Crippen molar-refractivity contribution in [1.82, 2.24) is 5.32 Å². The molecule has 1 aromatic rings. The van der Waals surface area contributed by atoms with E-state index in [1.54, 1.807) is 0 Å². The number of alkyl halides is 1. The molecule has 1 saturated heterocycles. The summed E-state index contributed by atoms with van der Waals surface area (Å²) >= 11 is 1.37. The third-order valence-electron chi connectivity index (χ3n) is 3.46. The summed E-state index contributed by atoms with van der Waals surface area (Å²) in [5.41, 5.74) is 6.71. The summed E-state index contributed by atoms with van der Waals surface area (Å²) in [7, 11) is 0. The van der Waals surface area contributed by atoms with E-state index < -0.39 is 11.6 Å². The Morgan fingerprint density at radius 3 is 2.87 bits per heavy atom. The lowest BCUT2D eigenvalue weighted by atomic mass is 9.74. The van der Waals surface area contributed by atoms with Crippen LogP contribution in [-0.4, -0.2) is 19.3 Å². The summed E-state index contributed by atoms with van der Waals surface area (Å²) in [5, 5.41) is 12.7. The fourth-order valence-corrected chi connectivity index (χ4v) is 3.74. The maximum absolute atomic E-state index is 13.9. The Morgan fingerprint density at radius 2 is 2.33 bits per heavy atom. The van der Waals surface area contributed by atoms with E-state index in [0.29, 0.717) is 30.1 Å². The van der Waals surface area contributed by atoms with Crippen molar-refractivity contribution in [3.8, 4) is 6.07 Å². The van der Waals surface area contributed by atoms with Crippen LogP contribution in [0.3, 0.4) is 0 Å². The second-order valence-corrected chi connectivity index (χ2v) is 5.32. The van der Waals surface area contributed by atoms with Gasteiger partial charge in [-0.15, -0.1) is 11.3 Å². The predicted molar refractivity (Wildman–Crippen MR) is 56.6 cm³/mol. The molecular weight excluding hydrogens is 213 g/mol. The second kappa shape index (κ2) is 2.71. The Kier molecular flexibility index (Phi) is 1.65. The number of halogens is 1. The first-order valence-corrected chi connectivity index (χ1v) is 5.67. The van der Waals surface area contributed by atoms with Crippen LogP contribution in [0.4, 0.5) is 9.39 Å². The van der Waals surface area contributed by atoms with Crippen LogP contribution >= 0.6 is 11.3 Å². The van der Waals surface area contributed by atoms with Crippen molar-refractivity contribution in [3.63, 3.8) is 0 Å². The Hall–Kier alpha value is -1.12. The molecule has 1 aliphatic carbocycles. The lowest BCUT2D eigenvalue weighted by molar-refractivity contribution is 0.141. The maximum Gasteiger partial charge on any atom is 0.117 e. The topological polar surface area (TPSA) is 61.8 Å². The van der Waals surface area contributed by atoms with Crippen molar-refractivity contribution in [2.24, 2.45) is 0 Å². The number of hydrogen-bond donors (Lipinski definition) is 2. The van der Waals surface area contributed by atoms with Crippen LogP contribution in [0.15, 0.2) is 0 Å². The van der Waals surface area contributed by atoms with Crippen LogP contribution in [0.1, 0.15) is 16.0 Å². The highest BCUT2D eigenvalue weighted by Gasteiger charge is 2.54. The second-order valence-electron chi connectivity index (χ2n) is 4.18. The van der Waals surface area contributed by atoms with Crippen LogP contribution in [0.25, 0.3) is 0 Å². The molecule has 0 amide bonds. The van der Waals surface area contributed by atoms with Gasteiger partial charge in [-0.05, 0) is 5.56 Å². The molecule has 15 heavy (non-hydrogen) atoms. The van der Waals surface area contributed by atoms with Gasteiger partial charge in [0.2, 0.25) is 0 Å². The van der Waals surface area contributed by atoms with E-state index in [0.717, 1.165) is 10.4 Å².